The van der Waals surface area contributed by atoms with Gasteiger partial charge in [0.25, 0.3) is 11.6 Å². The number of nitrogens with zero attached hydrogens (tertiary/aromatic N) is 3. The molecule has 0 saturated carbocycles. The number of furan rings is 1. The van der Waals surface area contributed by atoms with E-state index in [2.05, 4.69) is 5.10 Å². The minimum Gasteiger partial charge on any atom is -0.497 e. The van der Waals surface area contributed by atoms with Gasteiger partial charge in [0, 0.05) is 18.6 Å². The topological polar surface area (TPSA) is 124 Å². The number of hydrazone groups is 1. The van der Waals surface area contributed by atoms with E-state index in [0.717, 1.165) is 5.56 Å². The average Bonchev–Trinajstić information content (AvgIpc) is 3.52. The predicted molar refractivity (Wildman–Crippen MR) is 116 cm³/mol. The van der Waals surface area contributed by atoms with Gasteiger partial charge in [-0.25, -0.2) is 9.80 Å². The maximum absolute atomic E-state index is 12.9. The SMILES string of the molecule is COc1ccc(C2=NN(C(=O)COC(=O)c3ccc([N+](=O)[O-])cc3)C(c3ccco3)C2)cc1. The average molecular weight is 449 g/mol. The van der Waals surface area contributed by atoms with E-state index in [9.17, 15) is 19.7 Å². The van der Waals surface area contributed by atoms with Crippen molar-refractivity contribution in [2.45, 2.75) is 12.5 Å². The summed E-state index contributed by atoms with van der Waals surface area (Å²) in [6, 6.07) is 15.2. The van der Waals surface area contributed by atoms with E-state index >= 15 is 0 Å². The molecule has 1 amide bonds. The minimum absolute atomic E-state index is 0.0971. The fourth-order valence-electron chi connectivity index (χ4n) is 3.40. The van der Waals surface area contributed by atoms with Crippen molar-refractivity contribution >= 4 is 23.3 Å². The fraction of sp³-hybridized carbons (Fsp3) is 0.174. The number of hydrogen-bond donors (Lipinski definition) is 0. The molecule has 1 aliphatic heterocycles. The molecule has 0 spiro atoms. The van der Waals surface area contributed by atoms with Crippen LogP contribution in [0.25, 0.3) is 0 Å². The molecule has 10 heteroatoms. The first-order chi connectivity index (χ1) is 16.0. The van der Waals surface area contributed by atoms with E-state index in [1.165, 1.54) is 35.5 Å². The molecule has 0 fully saturated rings. The van der Waals surface area contributed by atoms with E-state index in [0.29, 0.717) is 23.6 Å². The van der Waals surface area contributed by atoms with Crippen LogP contribution in [0.3, 0.4) is 0 Å². The van der Waals surface area contributed by atoms with Gasteiger partial charge < -0.3 is 13.9 Å². The highest BCUT2D eigenvalue weighted by molar-refractivity contribution is 6.03. The summed E-state index contributed by atoms with van der Waals surface area (Å²) in [6.45, 7) is -0.549. The van der Waals surface area contributed by atoms with Gasteiger partial charge in [-0.2, -0.15) is 5.10 Å². The molecule has 33 heavy (non-hydrogen) atoms. The Morgan fingerprint density at radius 1 is 1.15 bits per heavy atom. The van der Waals surface area contributed by atoms with Crippen LogP contribution in [0.1, 0.15) is 34.1 Å². The van der Waals surface area contributed by atoms with E-state index in [-0.39, 0.29) is 11.3 Å². The molecule has 1 aliphatic rings. The first kappa shape index (κ1) is 21.8. The second-order valence-electron chi connectivity index (χ2n) is 7.13. The second kappa shape index (κ2) is 9.35. The van der Waals surface area contributed by atoms with Crippen LogP contribution in [0, 0.1) is 10.1 Å². The number of nitro benzene ring substituents is 1. The number of non-ortho nitro benzene ring substituents is 1. The molecule has 168 valence electrons. The quantitative estimate of drug-likeness (QED) is 0.306. The summed E-state index contributed by atoms with van der Waals surface area (Å²) in [5.74, 6) is -0.0511. The summed E-state index contributed by atoms with van der Waals surface area (Å²) < 4.78 is 15.8. The second-order valence-corrected chi connectivity index (χ2v) is 7.13. The van der Waals surface area contributed by atoms with Gasteiger partial charge in [0.15, 0.2) is 6.61 Å². The van der Waals surface area contributed by atoms with Crippen molar-refractivity contribution in [3.63, 3.8) is 0 Å². The summed E-state index contributed by atoms with van der Waals surface area (Å²) in [7, 11) is 1.58. The number of methoxy groups -OCH3 is 1. The Kier molecular flexibility index (Phi) is 6.16. The molecule has 4 rings (SSSR count). The number of hydrogen-bond acceptors (Lipinski definition) is 8. The Balaban J connectivity index is 1.48. The van der Waals surface area contributed by atoms with Crippen LogP contribution in [-0.2, 0) is 9.53 Å². The van der Waals surface area contributed by atoms with Crippen LogP contribution in [0.2, 0.25) is 0 Å². The van der Waals surface area contributed by atoms with Crippen molar-refractivity contribution in [3.05, 3.63) is 93.9 Å². The molecule has 1 unspecified atom stereocenters. The number of carbonyl (C=O) groups excluding carboxylic acids is 2. The van der Waals surface area contributed by atoms with Gasteiger partial charge in [-0.15, -0.1) is 0 Å². The molecule has 0 saturated heterocycles. The smallest absolute Gasteiger partial charge is 0.338 e. The number of amides is 1. The molecular weight excluding hydrogens is 430 g/mol. The normalized spacial score (nSPS) is 15.1. The molecule has 0 bridgehead atoms. The van der Waals surface area contributed by atoms with Crippen molar-refractivity contribution in [1.82, 2.24) is 5.01 Å². The summed E-state index contributed by atoms with van der Waals surface area (Å²) >= 11 is 0. The molecule has 2 aromatic carbocycles. The molecule has 2 heterocycles. The summed E-state index contributed by atoms with van der Waals surface area (Å²) in [5.41, 5.74) is 1.45. The van der Waals surface area contributed by atoms with Gasteiger partial charge in [0.2, 0.25) is 0 Å². The van der Waals surface area contributed by atoms with E-state index < -0.39 is 29.4 Å². The van der Waals surface area contributed by atoms with Gasteiger partial charge in [-0.05, 0) is 54.1 Å². The van der Waals surface area contributed by atoms with Crippen LogP contribution in [0.15, 0.2) is 76.4 Å². The lowest BCUT2D eigenvalue weighted by Gasteiger charge is -2.19. The number of nitro groups is 1. The number of ether oxygens (including phenoxy) is 2. The zero-order valence-corrected chi connectivity index (χ0v) is 17.5. The number of carbonyl (C=O) groups is 2. The highest BCUT2D eigenvalue weighted by Gasteiger charge is 2.35. The fourth-order valence-corrected chi connectivity index (χ4v) is 3.40. The molecular formula is C23H19N3O7. The Hall–Kier alpha value is -4.47. The summed E-state index contributed by atoms with van der Waals surface area (Å²) in [6.07, 6.45) is 1.93. The highest BCUT2D eigenvalue weighted by atomic mass is 16.6. The Morgan fingerprint density at radius 2 is 1.88 bits per heavy atom. The van der Waals surface area contributed by atoms with Crippen molar-refractivity contribution in [2.75, 3.05) is 13.7 Å². The molecule has 0 N–H and O–H groups in total. The maximum Gasteiger partial charge on any atom is 0.338 e. The van der Waals surface area contributed by atoms with Crippen molar-refractivity contribution in [3.8, 4) is 5.75 Å². The molecule has 1 aromatic heterocycles. The summed E-state index contributed by atoms with van der Waals surface area (Å²) in [4.78, 5) is 35.3. The van der Waals surface area contributed by atoms with Crippen molar-refractivity contribution in [2.24, 2.45) is 5.10 Å². The van der Waals surface area contributed by atoms with Crippen LogP contribution in [0.5, 0.6) is 5.75 Å². The van der Waals surface area contributed by atoms with E-state index in [1.54, 1.807) is 31.4 Å². The van der Waals surface area contributed by atoms with Gasteiger partial charge in [-0.1, -0.05) is 0 Å². The molecule has 3 aromatic rings. The highest BCUT2D eigenvalue weighted by Crippen LogP contribution is 2.33. The van der Waals surface area contributed by atoms with E-state index in [4.69, 9.17) is 13.9 Å². The lowest BCUT2D eigenvalue weighted by atomic mass is 10.0. The molecule has 1 atom stereocenters. The van der Waals surface area contributed by atoms with Crippen LogP contribution < -0.4 is 4.74 Å². The first-order valence-corrected chi connectivity index (χ1v) is 9.95. The number of esters is 1. The zero-order chi connectivity index (χ0) is 23.4. The van der Waals surface area contributed by atoms with Gasteiger partial charge in [0.1, 0.15) is 17.6 Å². The monoisotopic (exact) mass is 449 g/mol. The largest absolute Gasteiger partial charge is 0.497 e. The third-order valence-electron chi connectivity index (χ3n) is 5.10. The van der Waals surface area contributed by atoms with Crippen LogP contribution in [0.4, 0.5) is 5.69 Å². The molecule has 0 aliphatic carbocycles. The van der Waals surface area contributed by atoms with Crippen LogP contribution in [-0.4, -0.2) is 41.2 Å². The lowest BCUT2D eigenvalue weighted by molar-refractivity contribution is -0.384. The van der Waals surface area contributed by atoms with Crippen LogP contribution >= 0.6 is 0 Å². The van der Waals surface area contributed by atoms with Crippen molar-refractivity contribution < 1.29 is 28.4 Å². The Bertz CT molecular complexity index is 1190. The predicted octanol–water partition coefficient (Wildman–Crippen LogP) is 3.73. The first-order valence-electron chi connectivity index (χ1n) is 9.95. The standard InChI is InChI=1S/C23H19N3O7/c1-31-18-10-6-15(7-11-18)19-13-20(21-3-2-12-32-21)25(24-19)22(27)14-33-23(28)16-4-8-17(9-5-16)26(29)30/h2-12,20H,13-14H2,1H3. The van der Waals surface area contributed by atoms with E-state index in [1.807, 2.05) is 12.1 Å². The van der Waals surface area contributed by atoms with Gasteiger partial charge in [-0.3, -0.25) is 14.9 Å². The maximum atomic E-state index is 12.9. The third-order valence-corrected chi connectivity index (χ3v) is 5.10. The Labute approximate surface area is 188 Å². The number of rotatable bonds is 7. The van der Waals surface area contributed by atoms with Crippen molar-refractivity contribution in [1.29, 1.82) is 0 Å². The Morgan fingerprint density at radius 3 is 2.48 bits per heavy atom. The minimum atomic E-state index is -0.772. The third kappa shape index (κ3) is 4.74. The molecule has 10 nitrogen and oxygen atoms in total. The lowest BCUT2D eigenvalue weighted by Crippen LogP contribution is -2.31. The number of benzene rings is 2. The summed E-state index contributed by atoms with van der Waals surface area (Å²) in [5, 5.41) is 16.5. The molecule has 0 radical (unpaired) electrons. The van der Waals surface area contributed by atoms with Gasteiger partial charge >= 0.3 is 5.97 Å². The van der Waals surface area contributed by atoms with Gasteiger partial charge in [0.05, 0.1) is 29.6 Å². The zero-order valence-electron chi connectivity index (χ0n) is 17.5.